The predicted molar refractivity (Wildman–Crippen MR) is 87.6 cm³/mol. The lowest BCUT2D eigenvalue weighted by molar-refractivity contribution is -0.143. The Hall–Kier alpha value is -3.02. The topological polar surface area (TPSA) is 188 Å². The molecule has 0 rings (SSSR count). The van der Waals surface area contributed by atoms with Crippen LogP contribution >= 0.6 is 0 Å². The molecule has 26 heavy (non-hydrogen) atoms. The molecular formula is C14H23N5O7. The van der Waals surface area contributed by atoms with Gasteiger partial charge < -0.3 is 36.5 Å². The number of likely N-dealkylation sites (N-methyl/N-ethyl adjacent to an activating group) is 1. The van der Waals surface area contributed by atoms with Crippen molar-refractivity contribution in [3.63, 3.8) is 0 Å². The van der Waals surface area contributed by atoms with Gasteiger partial charge in [-0.15, -0.1) is 0 Å². The SMILES string of the molecule is C[C@H](N)C(=O)NCC(=O)NCC(=O)N[C@@H](CC(=O)O)C(=O)N(C)CC=O. The van der Waals surface area contributed by atoms with Crippen molar-refractivity contribution >= 4 is 35.9 Å². The molecule has 0 bridgehead atoms. The van der Waals surface area contributed by atoms with E-state index in [1.165, 1.54) is 14.0 Å². The van der Waals surface area contributed by atoms with E-state index in [9.17, 15) is 28.8 Å². The number of carboxylic acids is 1. The number of carbonyl (C=O) groups excluding carboxylic acids is 5. The average molecular weight is 373 g/mol. The molecule has 2 atom stereocenters. The van der Waals surface area contributed by atoms with Crippen LogP contribution in [0.15, 0.2) is 0 Å². The van der Waals surface area contributed by atoms with Crippen LogP contribution in [0.5, 0.6) is 0 Å². The summed E-state index contributed by atoms with van der Waals surface area (Å²) >= 11 is 0. The second-order valence-corrected chi connectivity index (χ2v) is 5.39. The molecule has 0 fully saturated rings. The van der Waals surface area contributed by atoms with Gasteiger partial charge in [0.05, 0.1) is 32.1 Å². The molecule has 12 nitrogen and oxygen atoms in total. The largest absolute Gasteiger partial charge is 0.481 e. The van der Waals surface area contributed by atoms with Crippen molar-refractivity contribution in [2.75, 3.05) is 26.7 Å². The van der Waals surface area contributed by atoms with E-state index < -0.39 is 61.2 Å². The van der Waals surface area contributed by atoms with Gasteiger partial charge in [0, 0.05) is 7.05 Å². The lowest BCUT2D eigenvalue weighted by atomic mass is 10.1. The maximum Gasteiger partial charge on any atom is 0.305 e. The lowest BCUT2D eigenvalue weighted by Crippen LogP contribution is -2.51. The number of amides is 4. The van der Waals surface area contributed by atoms with E-state index in [2.05, 4.69) is 16.0 Å². The highest BCUT2D eigenvalue weighted by molar-refractivity contribution is 5.93. The minimum Gasteiger partial charge on any atom is -0.481 e. The monoisotopic (exact) mass is 373 g/mol. The van der Waals surface area contributed by atoms with Crippen LogP contribution in [-0.4, -0.2) is 84.7 Å². The third-order valence-electron chi connectivity index (χ3n) is 3.02. The Morgan fingerprint density at radius 1 is 1.12 bits per heavy atom. The highest BCUT2D eigenvalue weighted by atomic mass is 16.4. The number of carbonyl (C=O) groups is 6. The summed E-state index contributed by atoms with van der Waals surface area (Å²) in [4.78, 5) is 68.8. The number of carboxylic acid groups (broad SMARTS) is 1. The van der Waals surface area contributed by atoms with Crippen molar-refractivity contribution in [2.24, 2.45) is 5.73 Å². The van der Waals surface area contributed by atoms with Gasteiger partial charge in [0.1, 0.15) is 12.3 Å². The van der Waals surface area contributed by atoms with E-state index in [4.69, 9.17) is 10.8 Å². The van der Waals surface area contributed by atoms with Crippen molar-refractivity contribution in [1.29, 1.82) is 0 Å². The van der Waals surface area contributed by atoms with Crippen molar-refractivity contribution in [3.8, 4) is 0 Å². The zero-order valence-corrected chi connectivity index (χ0v) is 14.5. The summed E-state index contributed by atoms with van der Waals surface area (Å²) in [7, 11) is 1.28. The van der Waals surface area contributed by atoms with E-state index in [0.717, 1.165) is 4.90 Å². The van der Waals surface area contributed by atoms with E-state index >= 15 is 0 Å². The molecule has 6 N–H and O–H groups in total. The van der Waals surface area contributed by atoms with Crippen LogP contribution in [0.2, 0.25) is 0 Å². The Balaban J connectivity index is 4.54. The Morgan fingerprint density at radius 3 is 2.19 bits per heavy atom. The maximum atomic E-state index is 12.0. The molecule has 0 aromatic carbocycles. The third-order valence-corrected chi connectivity index (χ3v) is 3.02. The van der Waals surface area contributed by atoms with Gasteiger partial charge in [0.2, 0.25) is 23.6 Å². The molecule has 0 heterocycles. The number of hydrogen-bond donors (Lipinski definition) is 5. The van der Waals surface area contributed by atoms with Crippen molar-refractivity contribution < 1.29 is 33.9 Å². The summed E-state index contributed by atoms with van der Waals surface area (Å²) in [6, 6.07) is -2.18. The minimum atomic E-state index is -1.39. The molecule has 0 saturated heterocycles. The molecular weight excluding hydrogens is 350 g/mol. The fraction of sp³-hybridized carbons (Fsp3) is 0.571. The lowest BCUT2D eigenvalue weighted by Gasteiger charge is -2.22. The molecule has 12 heteroatoms. The normalized spacial score (nSPS) is 12.3. The second kappa shape index (κ2) is 11.5. The summed E-state index contributed by atoms with van der Waals surface area (Å²) < 4.78 is 0. The minimum absolute atomic E-state index is 0.263. The molecule has 0 aromatic rings. The molecule has 0 aromatic heterocycles. The molecule has 0 aliphatic rings. The fourth-order valence-corrected chi connectivity index (χ4v) is 1.66. The highest BCUT2D eigenvalue weighted by Crippen LogP contribution is 1.98. The first-order chi connectivity index (χ1) is 12.1. The molecule has 146 valence electrons. The number of rotatable bonds is 11. The number of nitrogens with zero attached hydrogens (tertiary/aromatic N) is 1. The van der Waals surface area contributed by atoms with Crippen molar-refractivity contribution in [3.05, 3.63) is 0 Å². The van der Waals surface area contributed by atoms with Gasteiger partial charge >= 0.3 is 5.97 Å². The predicted octanol–water partition coefficient (Wildman–Crippen LogP) is -3.82. The molecule has 0 radical (unpaired) electrons. The molecule has 0 spiro atoms. The summed E-state index contributed by atoms with van der Waals surface area (Å²) in [5.41, 5.74) is 5.30. The van der Waals surface area contributed by atoms with Gasteiger partial charge in [0.15, 0.2) is 0 Å². The number of aldehydes is 1. The maximum absolute atomic E-state index is 12.0. The van der Waals surface area contributed by atoms with Crippen LogP contribution in [0, 0.1) is 0 Å². The van der Waals surface area contributed by atoms with E-state index in [0.29, 0.717) is 6.29 Å². The van der Waals surface area contributed by atoms with Crippen LogP contribution in [0.1, 0.15) is 13.3 Å². The number of nitrogens with two attached hydrogens (primary N) is 1. The van der Waals surface area contributed by atoms with Crippen LogP contribution in [-0.2, 0) is 28.8 Å². The zero-order chi connectivity index (χ0) is 20.3. The van der Waals surface area contributed by atoms with E-state index in [1.54, 1.807) is 0 Å². The van der Waals surface area contributed by atoms with Crippen LogP contribution in [0.25, 0.3) is 0 Å². The number of hydrogen-bond acceptors (Lipinski definition) is 7. The zero-order valence-electron chi connectivity index (χ0n) is 14.5. The van der Waals surface area contributed by atoms with Crippen LogP contribution in [0.3, 0.4) is 0 Å². The Labute approximate surface area is 149 Å². The number of aliphatic carboxylic acids is 1. The Morgan fingerprint density at radius 2 is 1.69 bits per heavy atom. The van der Waals surface area contributed by atoms with Gasteiger partial charge in [-0.05, 0) is 6.92 Å². The summed E-state index contributed by atoms with van der Waals surface area (Å²) in [5.74, 6) is -4.12. The first-order valence-electron chi connectivity index (χ1n) is 7.58. The first kappa shape index (κ1) is 23.0. The quantitative estimate of drug-likeness (QED) is 0.228. The second-order valence-electron chi connectivity index (χ2n) is 5.39. The smallest absolute Gasteiger partial charge is 0.305 e. The average Bonchev–Trinajstić information content (AvgIpc) is 2.56. The molecule has 0 aliphatic heterocycles. The third kappa shape index (κ3) is 9.32. The summed E-state index contributed by atoms with van der Waals surface area (Å²) in [6.45, 7) is 0.240. The van der Waals surface area contributed by atoms with Crippen molar-refractivity contribution in [2.45, 2.75) is 25.4 Å². The van der Waals surface area contributed by atoms with Gasteiger partial charge in [-0.3, -0.25) is 24.0 Å². The highest BCUT2D eigenvalue weighted by Gasteiger charge is 2.26. The molecule has 4 amide bonds. The first-order valence-corrected chi connectivity index (χ1v) is 7.58. The fourth-order valence-electron chi connectivity index (χ4n) is 1.66. The Kier molecular flexibility index (Phi) is 10.2. The van der Waals surface area contributed by atoms with Crippen molar-refractivity contribution in [1.82, 2.24) is 20.9 Å². The van der Waals surface area contributed by atoms with E-state index in [-0.39, 0.29) is 6.54 Å². The molecule has 0 aliphatic carbocycles. The summed E-state index contributed by atoms with van der Waals surface area (Å²) in [5, 5.41) is 15.4. The van der Waals surface area contributed by atoms with Gasteiger partial charge in [0.25, 0.3) is 0 Å². The molecule has 0 unspecified atom stereocenters. The van der Waals surface area contributed by atoms with Gasteiger partial charge in [-0.2, -0.15) is 0 Å². The van der Waals surface area contributed by atoms with Crippen LogP contribution in [0.4, 0.5) is 0 Å². The number of nitrogens with one attached hydrogen (secondary N) is 3. The Bertz CT molecular complexity index is 564. The molecule has 0 saturated carbocycles. The van der Waals surface area contributed by atoms with Gasteiger partial charge in [-0.1, -0.05) is 0 Å². The van der Waals surface area contributed by atoms with E-state index in [1.807, 2.05) is 0 Å². The van der Waals surface area contributed by atoms with Crippen LogP contribution < -0.4 is 21.7 Å². The van der Waals surface area contributed by atoms with Gasteiger partial charge in [-0.25, -0.2) is 0 Å². The summed E-state index contributed by atoms with van der Waals surface area (Å²) in [6.07, 6.45) is -0.236. The standard InChI is InChI=1S/C14H23N5O7/c1-8(15)13(25)17-6-10(21)16-7-11(22)18-9(5-12(23)24)14(26)19(2)3-4-20/h4,8-9H,3,5-7,15H2,1-2H3,(H,16,21)(H,17,25)(H,18,22)(H,23,24)/t8-,9-/m0/s1.